The largest absolute Gasteiger partial charge is 0.430 e. The molecular weight excluding hydrogens is 368 g/mol. The summed E-state index contributed by atoms with van der Waals surface area (Å²) in [6, 6.07) is 11.2. The van der Waals surface area contributed by atoms with Crippen molar-refractivity contribution in [1.82, 2.24) is 20.5 Å². The third-order valence-electron chi connectivity index (χ3n) is 3.36. The summed E-state index contributed by atoms with van der Waals surface area (Å²) in [5, 5.41) is 11.5. The van der Waals surface area contributed by atoms with Gasteiger partial charge in [0.05, 0.1) is 0 Å². The van der Waals surface area contributed by atoms with Crippen molar-refractivity contribution in [2.45, 2.75) is 23.4 Å². The predicted octanol–water partition coefficient (Wildman–Crippen LogP) is 4.16. The number of pyridine rings is 1. The maximum absolute atomic E-state index is 11.9. The molecule has 6 nitrogen and oxygen atoms in total. The number of hydrogen-bond donors (Lipinski definition) is 1. The van der Waals surface area contributed by atoms with Crippen molar-refractivity contribution in [1.29, 1.82) is 0 Å². The molecule has 1 aromatic carbocycles. The van der Waals surface area contributed by atoms with Crippen LogP contribution in [0.15, 0.2) is 53.1 Å². The van der Waals surface area contributed by atoms with E-state index >= 15 is 0 Å². The SMILES string of the molecule is CCCNC(=O)c1ccc(CSc2nnc(Oc3ccncc3)s2)cc1. The van der Waals surface area contributed by atoms with Crippen molar-refractivity contribution in [3.8, 4) is 10.9 Å². The van der Waals surface area contributed by atoms with Crippen LogP contribution in [0.5, 0.6) is 10.9 Å². The average molecular weight is 387 g/mol. The van der Waals surface area contributed by atoms with E-state index in [0.717, 1.165) is 22.1 Å². The van der Waals surface area contributed by atoms with E-state index < -0.39 is 0 Å². The molecule has 8 heteroatoms. The third kappa shape index (κ3) is 5.27. The normalized spacial score (nSPS) is 10.5. The Labute approximate surface area is 160 Å². The second-order valence-corrected chi connectivity index (χ2v) is 7.52. The molecule has 2 aromatic heterocycles. The van der Waals surface area contributed by atoms with Crippen LogP contribution in [-0.2, 0) is 5.75 Å². The third-order valence-corrected chi connectivity index (χ3v) is 5.36. The molecule has 134 valence electrons. The van der Waals surface area contributed by atoms with Crippen LogP contribution < -0.4 is 10.1 Å². The Hall–Kier alpha value is -2.45. The fourth-order valence-electron chi connectivity index (χ4n) is 2.04. The highest BCUT2D eigenvalue weighted by atomic mass is 32.2. The van der Waals surface area contributed by atoms with Crippen molar-refractivity contribution >= 4 is 29.0 Å². The second kappa shape index (κ2) is 9.30. The molecule has 0 saturated carbocycles. The van der Waals surface area contributed by atoms with Gasteiger partial charge in [-0.1, -0.05) is 35.9 Å². The Balaban J connectivity index is 1.52. The van der Waals surface area contributed by atoms with Crippen molar-refractivity contribution < 1.29 is 9.53 Å². The molecule has 0 bridgehead atoms. The van der Waals surface area contributed by atoms with Gasteiger partial charge in [0.25, 0.3) is 11.1 Å². The Kier molecular flexibility index (Phi) is 6.56. The van der Waals surface area contributed by atoms with E-state index in [1.54, 1.807) is 36.3 Å². The molecule has 3 rings (SSSR count). The molecule has 0 fully saturated rings. The number of benzene rings is 1. The van der Waals surface area contributed by atoms with Crippen LogP contribution in [0.25, 0.3) is 0 Å². The fraction of sp³-hybridized carbons (Fsp3) is 0.222. The number of carbonyl (C=O) groups excluding carboxylic acids is 1. The zero-order valence-corrected chi connectivity index (χ0v) is 15.8. The maximum atomic E-state index is 11.9. The van der Waals surface area contributed by atoms with Gasteiger partial charge in [-0.25, -0.2) is 0 Å². The number of hydrogen-bond acceptors (Lipinski definition) is 7. The standard InChI is InChI=1S/C18H18N4O2S2/c1-2-9-20-16(23)14-5-3-13(4-6-14)12-25-18-22-21-17(26-18)24-15-7-10-19-11-8-15/h3-8,10-11H,2,9,12H2,1H3,(H,20,23). The van der Waals surface area contributed by atoms with Crippen LogP contribution in [0.2, 0.25) is 0 Å². The van der Waals surface area contributed by atoms with Gasteiger partial charge in [-0.3, -0.25) is 9.78 Å². The average Bonchev–Trinajstić information content (AvgIpc) is 3.13. The summed E-state index contributed by atoms with van der Waals surface area (Å²) < 4.78 is 6.46. The Bertz CT molecular complexity index is 838. The van der Waals surface area contributed by atoms with E-state index in [9.17, 15) is 4.79 Å². The summed E-state index contributed by atoms with van der Waals surface area (Å²) in [4.78, 5) is 15.8. The number of rotatable bonds is 8. The highest BCUT2D eigenvalue weighted by Crippen LogP contribution is 2.31. The molecule has 3 aromatic rings. The van der Waals surface area contributed by atoms with Crippen molar-refractivity contribution in [2.75, 3.05) is 6.54 Å². The van der Waals surface area contributed by atoms with Crippen molar-refractivity contribution in [2.24, 2.45) is 0 Å². The minimum atomic E-state index is -0.0342. The molecule has 0 unspecified atom stereocenters. The molecule has 0 radical (unpaired) electrons. The highest BCUT2D eigenvalue weighted by Gasteiger charge is 2.08. The van der Waals surface area contributed by atoms with Crippen LogP contribution in [0.3, 0.4) is 0 Å². The first-order chi connectivity index (χ1) is 12.7. The first kappa shape index (κ1) is 18.3. The Morgan fingerprint density at radius 3 is 2.65 bits per heavy atom. The number of aromatic nitrogens is 3. The van der Waals surface area contributed by atoms with Crippen molar-refractivity contribution in [3.63, 3.8) is 0 Å². The van der Waals surface area contributed by atoms with Gasteiger partial charge in [-0.05, 0) is 47.6 Å². The van der Waals surface area contributed by atoms with Crippen LogP contribution >= 0.6 is 23.1 Å². The molecule has 1 amide bonds. The van der Waals surface area contributed by atoms with Crippen LogP contribution in [0.4, 0.5) is 0 Å². The lowest BCUT2D eigenvalue weighted by molar-refractivity contribution is 0.0953. The van der Waals surface area contributed by atoms with Crippen LogP contribution in [0.1, 0.15) is 29.3 Å². The van der Waals surface area contributed by atoms with E-state index in [4.69, 9.17) is 4.74 Å². The summed E-state index contributed by atoms with van der Waals surface area (Å²) in [5.41, 5.74) is 1.80. The first-order valence-electron chi connectivity index (χ1n) is 8.16. The fourth-order valence-corrected chi connectivity index (χ4v) is 3.70. The van der Waals surface area contributed by atoms with E-state index in [1.165, 1.54) is 11.3 Å². The van der Waals surface area contributed by atoms with Gasteiger partial charge in [-0.15, -0.1) is 5.10 Å². The van der Waals surface area contributed by atoms with E-state index in [-0.39, 0.29) is 5.91 Å². The van der Waals surface area contributed by atoms with Gasteiger partial charge in [0.1, 0.15) is 5.75 Å². The van der Waals surface area contributed by atoms with E-state index in [1.807, 2.05) is 31.2 Å². The van der Waals surface area contributed by atoms with Gasteiger partial charge >= 0.3 is 0 Å². The number of nitrogens with zero attached hydrogens (tertiary/aromatic N) is 3. The van der Waals surface area contributed by atoms with Crippen molar-refractivity contribution in [3.05, 3.63) is 59.9 Å². The minimum absolute atomic E-state index is 0.0342. The molecule has 2 heterocycles. The molecule has 0 atom stereocenters. The summed E-state index contributed by atoms with van der Waals surface area (Å²) in [7, 11) is 0. The lowest BCUT2D eigenvalue weighted by Crippen LogP contribution is -2.23. The zero-order chi connectivity index (χ0) is 18.2. The predicted molar refractivity (Wildman–Crippen MR) is 103 cm³/mol. The Morgan fingerprint density at radius 2 is 1.92 bits per heavy atom. The number of carbonyl (C=O) groups is 1. The summed E-state index contributed by atoms with van der Waals surface area (Å²) in [6.07, 6.45) is 4.26. The number of thioether (sulfide) groups is 1. The van der Waals surface area contributed by atoms with Crippen LogP contribution in [0, 0.1) is 0 Å². The molecule has 0 spiro atoms. The zero-order valence-electron chi connectivity index (χ0n) is 14.2. The molecule has 26 heavy (non-hydrogen) atoms. The summed E-state index contributed by atoms with van der Waals surface area (Å²) >= 11 is 2.98. The second-order valence-electron chi connectivity index (χ2n) is 5.36. The lowest BCUT2D eigenvalue weighted by atomic mass is 10.1. The van der Waals surface area contributed by atoms with Gasteiger partial charge < -0.3 is 10.1 Å². The van der Waals surface area contributed by atoms with E-state index in [2.05, 4.69) is 20.5 Å². The van der Waals surface area contributed by atoms with Gasteiger partial charge in [0.15, 0.2) is 4.34 Å². The maximum Gasteiger partial charge on any atom is 0.300 e. The number of nitrogens with one attached hydrogen (secondary N) is 1. The molecular formula is C18H18N4O2S2. The number of ether oxygens (including phenoxy) is 1. The number of amides is 1. The lowest BCUT2D eigenvalue weighted by Gasteiger charge is -2.04. The smallest absolute Gasteiger partial charge is 0.300 e. The van der Waals surface area contributed by atoms with Crippen LogP contribution in [-0.4, -0.2) is 27.6 Å². The minimum Gasteiger partial charge on any atom is -0.430 e. The highest BCUT2D eigenvalue weighted by molar-refractivity contribution is 8.00. The van der Waals surface area contributed by atoms with Gasteiger partial charge in [-0.2, -0.15) is 0 Å². The first-order valence-corrected chi connectivity index (χ1v) is 9.96. The molecule has 0 aliphatic rings. The summed E-state index contributed by atoms with van der Waals surface area (Å²) in [6.45, 7) is 2.72. The quantitative estimate of drug-likeness (QED) is 0.586. The topological polar surface area (TPSA) is 77.0 Å². The summed E-state index contributed by atoms with van der Waals surface area (Å²) in [5.74, 6) is 1.40. The van der Waals surface area contributed by atoms with Gasteiger partial charge in [0.2, 0.25) is 0 Å². The molecule has 0 saturated heterocycles. The van der Waals surface area contributed by atoms with Gasteiger partial charge in [0, 0.05) is 30.3 Å². The molecule has 1 N–H and O–H groups in total. The van der Waals surface area contributed by atoms with E-state index in [0.29, 0.717) is 23.1 Å². The molecule has 0 aliphatic heterocycles. The monoisotopic (exact) mass is 386 g/mol. The Morgan fingerprint density at radius 1 is 1.15 bits per heavy atom. The molecule has 0 aliphatic carbocycles.